The predicted molar refractivity (Wildman–Crippen MR) is 88.0 cm³/mol. The van der Waals surface area contributed by atoms with Crippen molar-refractivity contribution in [3.05, 3.63) is 80.8 Å². The average Bonchev–Trinajstić information content (AvgIpc) is 2.58. The lowest BCUT2D eigenvalue weighted by atomic mass is 10.00. The van der Waals surface area contributed by atoms with Gasteiger partial charge in [-0.2, -0.15) is 0 Å². The largest absolute Gasteiger partial charge is 0.295 e. The highest BCUT2D eigenvalue weighted by Crippen LogP contribution is 2.22. The van der Waals surface area contributed by atoms with Crippen LogP contribution in [0.5, 0.6) is 0 Å². The molecule has 0 unspecified atom stereocenters. The highest BCUT2D eigenvalue weighted by atomic mass is 16.6. The van der Waals surface area contributed by atoms with Crippen LogP contribution in [0.25, 0.3) is 5.57 Å². The maximum atomic E-state index is 11.9. The molecule has 2 heterocycles. The van der Waals surface area contributed by atoms with E-state index in [4.69, 9.17) is 0 Å². The number of pyridine rings is 1. The molecule has 0 atom stereocenters. The Morgan fingerprint density at radius 1 is 1.13 bits per heavy atom. The van der Waals surface area contributed by atoms with E-state index in [9.17, 15) is 14.9 Å². The van der Waals surface area contributed by atoms with Crippen LogP contribution >= 0.6 is 0 Å². The van der Waals surface area contributed by atoms with Crippen LogP contribution in [-0.4, -0.2) is 27.5 Å². The van der Waals surface area contributed by atoms with Gasteiger partial charge in [-0.05, 0) is 17.6 Å². The Hall–Kier alpha value is -2.73. The standard InChI is InChI=1S/C17H17N3O3/c21-17-7-6-16(20(22)23)12-19(17)13-18-10-8-15(9-11-18)14-4-2-1-3-5-14/h1-8,12H,9-11,13H2. The minimum absolute atomic E-state index is 0.0675. The quantitative estimate of drug-likeness (QED) is 0.642. The first-order chi connectivity index (χ1) is 11.1. The molecule has 1 aromatic heterocycles. The molecule has 118 valence electrons. The monoisotopic (exact) mass is 311 g/mol. The van der Waals surface area contributed by atoms with Gasteiger partial charge in [-0.3, -0.25) is 24.4 Å². The fourth-order valence-electron chi connectivity index (χ4n) is 2.71. The second kappa shape index (κ2) is 6.58. The second-order valence-electron chi connectivity index (χ2n) is 5.52. The van der Waals surface area contributed by atoms with Gasteiger partial charge in [0.05, 0.1) is 17.8 Å². The molecule has 0 spiro atoms. The molecule has 0 amide bonds. The second-order valence-corrected chi connectivity index (χ2v) is 5.52. The molecule has 1 aliphatic heterocycles. The summed E-state index contributed by atoms with van der Waals surface area (Å²) in [6.07, 6.45) is 4.35. The Bertz CT molecular complexity index is 796. The Kier molecular flexibility index (Phi) is 4.34. The topological polar surface area (TPSA) is 68.4 Å². The third-order valence-corrected chi connectivity index (χ3v) is 3.97. The molecule has 6 nitrogen and oxygen atoms in total. The average molecular weight is 311 g/mol. The van der Waals surface area contributed by atoms with Gasteiger partial charge < -0.3 is 0 Å². The van der Waals surface area contributed by atoms with Crippen LogP contribution in [0, 0.1) is 10.1 Å². The lowest BCUT2D eigenvalue weighted by Gasteiger charge is -2.26. The van der Waals surface area contributed by atoms with Crippen LogP contribution in [0.15, 0.2) is 59.5 Å². The molecular weight excluding hydrogens is 294 g/mol. The van der Waals surface area contributed by atoms with Crippen LogP contribution < -0.4 is 5.56 Å². The van der Waals surface area contributed by atoms with E-state index in [-0.39, 0.29) is 11.2 Å². The summed E-state index contributed by atoms with van der Waals surface area (Å²) < 4.78 is 1.39. The normalized spacial score (nSPS) is 15.2. The fourth-order valence-corrected chi connectivity index (χ4v) is 2.71. The Morgan fingerprint density at radius 2 is 1.91 bits per heavy atom. The molecular formula is C17H17N3O3. The maximum Gasteiger partial charge on any atom is 0.285 e. The molecule has 0 saturated heterocycles. The molecule has 6 heteroatoms. The number of rotatable bonds is 4. The van der Waals surface area contributed by atoms with E-state index in [1.165, 1.54) is 34.0 Å². The summed E-state index contributed by atoms with van der Waals surface area (Å²) in [6, 6.07) is 12.7. The fraction of sp³-hybridized carbons (Fsp3) is 0.235. The van der Waals surface area contributed by atoms with Crippen LogP contribution in [0.2, 0.25) is 0 Å². The van der Waals surface area contributed by atoms with E-state index in [1.54, 1.807) is 0 Å². The van der Waals surface area contributed by atoms with Gasteiger partial charge in [-0.25, -0.2) is 0 Å². The van der Waals surface area contributed by atoms with Crippen LogP contribution in [0.4, 0.5) is 5.69 Å². The molecule has 0 N–H and O–H groups in total. The van der Waals surface area contributed by atoms with Crippen molar-refractivity contribution in [2.45, 2.75) is 13.1 Å². The molecule has 0 radical (unpaired) electrons. The van der Waals surface area contributed by atoms with E-state index in [1.807, 2.05) is 18.2 Å². The SMILES string of the molecule is O=c1ccc([N+](=O)[O-])cn1CN1CC=C(c2ccccc2)CC1. The Balaban J connectivity index is 1.72. The summed E-state index contributed by atoms with van der Waals surface area (Å²) in [4.78, 5) is 24.3. The van der Waals surface area contributed by atoms with E-state index < -0.39 is 4.92 Å². The third-order valence-electron chi connectivity index (χ3n) is 3.97. The maximum absolute atomic E-state index is 11.9. The lowest BCUT2D eigenvalue weighted by Crippen LogP contribution is -2.34. The lowest BCUT2D eigenvalue weighted by molar-refractivity contribution is -0.385. The summed E-state index contributed by atoms with van der Waals surface area (Å²) >= 11 is 0. The molecule has 1 aliphatic rings. The van der Waals surface area contributed by atoms with E-state index in [0.29, 0.717) is 6.67 Å². The summed E-state index contributed by atoms with van der Waals surface area (Å²) in [5.41, 5.74) is 2.23. The van der Waals surface area contributed by atoms with Crippen molar-refractivity contribution in [3.63, 3.8) is 0 Å². The Morgan fingerprint density at radius 3 is 2.57 bits per heavy atom. The number of aromatic nitrogens is 1. The van der Waals surface area contributed by atoms with Crippen molar-refractivity contribution in [3.8, 4) is 0 Å². The number of hydrogen-bond donors (Lipinski definition) is 0. The molecule has 0 aliphatic carbocycles. The van der Waals surface area contributed by atoms with Crippen molar-refractivity contribution < 1.29 is 4.92 Å². The zero-order valence-corrected chi connectivity index (χ0v) is 12.6. The first-order valence-corrected chi connectivity index (χ1v) is 7.45. The minimum atomic E-state index is -0.487. The molecule has 23 heavy (non-hydrogen) atoms. The highest BCUT2D eigenvalue weighted by molar-refractivity contribution is 5.66. The van der Waals surface area contributed by atoms with Gasteiger partial charge in [0.1, 0.15) is 0 Å². The van der Waals surface area contributed by atoms with Crippen LogP contribution in [0.1, 0.15) is 12.0 Å². The van der Waals surface area contributed by atoms with E-state index in [2.05, 4.69) is 23.1 Å². The number of hydrogen-bond acceptors (Lipinski definition) is 4. The van der Waals surface area contributed by atoms with Crippen molar-refractivity contribution in [1.29, 1.82) is 0 Å². The van der Waals surface area contributed by atoms with Crippen molar-refractivity contribution >= 4 is 11.3 Å². The van der Waals surface area contributed by atoms with Gasteiger partial charge in [-0.1, -0.05) is 36.4 Å². The molecule has 0 saturated carbocycles. The van der Waals surface area contributed by atoms with Crippen LogP contribution in [-0.2, 0) is 6.67 Å². The Labute approximate surface area is 133 Å². The van der Waals surface area contributed by atoms with E-state index >= 15 is 0 Å². The minimum Gasteiger partial charge on any atom is -0.295 e. The van der Waals surface area contributed by atoms with Gasteiger partial charge in [0.2, 0.25) is 0 Å². The van der Waals surface area contributed by atoms with Gasteiger partial charge in [0.25, 0.3) is 11.2 Å². The molecule has 1 aromatic carbocycles. The highest BCUT2D eigenvalue weighted by Gasteiger charge is 2.15. The zero-order valence-electron chi connectivity index (χ0n) is 12.6. The number of nitro groups is 1. The van der Waals surface area contributed by atoms with E-state index in [0.717, 1.165) is 19.5 Å². The van der Waals surface area contributed by atoms with Gasteiger partial charge in [0, 0.05) is 25.2 Å². The summed E-state index contributed by atoms with van der Waals surface area (Å²) in [6.45, 7) is 1.90. The summed E-state index contributed by atoms with van der Waals surface area (Å²) in [5.74, 6) is 0. The first kappa shape index (κ1) is 15.2. The zero-order chi connectivity index (χ0) is 16.2. The third kappa shape index (κ3) is 3.54. The van der Waals surface area contributed by atoms with Crippen LogP contribution in [0.3, 0.4) is 0 Å². The molecule has 0 fully saturated rings. The van der Waals surface area contributed by atoms with Crippen molar-refractivity contribution in [1.82, 2.24) is 9.47 Å². The molecule has 3 rings (SSSR count). The van der Waals surface area contributed by atoms with Gasteiger partial charge in [-0.15, -0.1) is 0 Å². The van der Waals surface area contributed by atoms with Gasteiger partial charge in [0.15, 0.2) is 0 Å². The summed E-state index contributed by atoms with van der Waals surface area (Å²) in [7, 11) is 0. The number of benzene rings is 1. The smallest absolute Gasteiger partial charge is 0.285 e. The van der Waals surface area contributed by atoms with Gasteiger partial charge >= 0.3 is 0 Å². The number of nitrogens with zero attached hydrogens (tertiary/aromatic N) is 3. The summed E-state index contributed by atoms with van der Waals surface area (Å²) in [5, 5.41) is 10.8. The first-order valence-electron chi connectivity index (χ1n) is 7.45. The van der Waals surface area contributed by atoms with Crippen molar-refractivity contribution in [2.24, 2.45) is 0 Å². The molecule has 0 bridgehead atoms. The molecule has 2 aromatic rings. The predicted octanol–water partition coefficient (Wildman–Crippen LogP) is 2.50. The van der Waals surface area contributed by atoms with Crippen molar-refractivity contribution in [2.75, 3.05) is 13.1 Å².